The first-order valence-corrected chi connectivity index (χ1v) is 6.10. The molecule has 86 valence electrons. The monoisotopic (exact) mass is 224 g/mol. The minimum atomic E-state index is 0.176. The molecule has 3 heteroatoms. The normalized spacial score (nSPS) is 14.4. The highest BCUT2D eigenvalue weighted by molar-refractivity contribution is 6.70. The first kappa shape index (κ1) is 10.5. The molecule has 2 aromatic carbocycles. The number of benzene rings is 2. The summed E-state index contributed by atoms with van der Waals surface area (Å²) in [5.41, 5.74) is 2.47. The summed E-state index contributed by atoms with van der Waals surface area (Å²) in [6, 6.07) is 12.8. The fraction of sp³-hybridized carbons (Fsp3) is 0.286. The summed E-state index contributed by atoms with van der Waals surface area (Å²) < 4.78 is 0. The molecule has 0 aliphatic carbocycles. The minimum absolute atomic E-state index is 0.176. The van der Waals surface area contributed by atoms with Gasteiger partial charge in [-0.25, -0.2) is 0 Å². The maximum atomic E-state index is 3.59. The van der Waals surface area contributed by atoms with E-state index in [0.29, 0.717) is 0 Å². The summed E-state index contributed by atoms with van der Waals surface area (Å²) in [4.78, 5) is 0. The Morgan fingerprint density at radius 2 is 1.41 bits per heavy atom. The highest BCUT2D eigenvalue weighted by Gasteiger charge is 2.34. The molecule has 1 aliphatic heterocycles. The Hall–Kier alpha value is -1.64. The fourth-order valence-corrected chi connectivity index (χ4v) is 2.36. The van der Waals surface area contributed by atoms with Gasteiger partial charge in [-0.15, -0.1) is 0 Å². The Morgan fingerprint density at radius 3 is 1.88 bits per heavy atom. The topological polar surface area (TPSA) is 24.1 Å². The van der Waals surface area contributed by atoms with Gasteiger partial charge in [0.15, 0.2) is 0 Å². The average molecular weight is 224 g/mol. The summed E-state index contributed by atoms with van der Waals surface area (Å²) in [7, 11) is 0. The van der Waals surface area contributed by atoms with Crippen LogP contribution in [0.1, 0.15) is 20.8 Å². The van der Waals surface area contributed by atoms with E-state index in [1.54, 1.807) is 0 Å². The van der Waals surface area contributed by atoms with E-state index >= 15 is 0 Å². The van der Waals surface area contributed by atoms with Crippen molar-refractivity contribution >= 4 is 29.1 Å². The van der Waals surface area contributed by atoms with E-state index in [9.17, 15) is 0 Å². The van der Waals surface area contributed by atoms with Crippen LogP contribution in [0.2, 0.25) is 5.31 Å². The standard InChI is InChI=1S/C14H17BN2/c1-14(2,3)15-16-11-8-4-6-10-7-5-9-12(17-15)13(10)11/h4-9,16-17H,1-3H3. The molecule has 1 heterocycles. The number of nitrogens with one attached hydrogen (secondary N) is 2. The maximum absolute atomic E-state index is 3.59. The van der Waals surface area contributed by atoms with Crippen molar-refractivity contribution in [1.29, 1.82) is 0 Å². The highest BCUT2D eigenvalue weighted by Crippen LogP contribution is 2.38. The maximum Gasteiger partial charge on any atom is 0.375 e. The average Bonchev–Trinajstić information content (AvgIpc) is 2.28. The highest BCUT2D eigenvalue weighted by atomic mass is 15.0. The van der Waals surface area contributed by atoms with Gasteiger partial charge in [0, 0.05) is 16.8 Å². The molecule has 2 nitrogen and oxygen atoms in total. The van der Waals surface area contributed by atoms with E-state index in [1.807, 2.05) is 0 Å². The lowest BCUT2D eigenvalue weighted by molar-refractivity contribution is 0.740. The van der Waals surface area contributed by atoms with Gasteiger partial charge in [-0.2, -0.15) is 0 Å². The predicted molar refractivity (Wildman–Crippen MR) is 76.7 cm³/mol. The summed E-state index contributed by atoms with van der Waals surface area (Å²) >= 11 is 0. The Kier molecular flexibility index (Phi) is 2.12. The van der Waals surface area contributed by atoms with Gasteiger partial charge in [0.05, 0.1) is 0 Å². The molecule has 1 aliphatic rings. The van der Waals surface area contributed by atoms with Crippen LogP contribution in [0.3, 0.4) is 0 Å². The van der Waals surface area contributed by atoms with Crippen molar-refractivity contribution in [3.63, 3.8) is 0 Å². The molecule has 0 atom stereocenters. The fourth-order valence-electron chi connectivity index (χ4n) is 2.36. The van der Waals surface area contributed by atoms with Gasteiger partial charge < -0.3 is 10.5 Å². The van der Waals surface area contributed by atoms with E-state index in [2.05, 4.69) is 67.6 Å². The van der Waals surface area contributed by atoms with Gasteiger partial charge in [-0.1, -0.05) is 45.0 Å². The van der Waals surface area contributed by atoms with Crippen molar-refractivity contribution in [2.75, 3.05) is 10.5 Å². The molecule has 0 aromatic heterocycles. The van der Waals surface area contributed by atoms with Gasteiger partial charge in [0.1, 0.15) is 0 Å². The summed E-state index contributed by atoms with van der Waals surface area (Å²) in [5, 5.41) is 9.94. The minimum Gasteiger partial charge on any atom is -0.409 e. The van der Waals surface area contributed by atoms with Crippen LogP contribution >= 0.6 is 0 Å². The van der Waals surface area contributed by atoms with Crippen LogP contribution < -0.4 is 10.5 Å². The molecule has 0 saturated heterocycles. The van der Waals surface area contributed by atoms with Crippen LogP contribution in [-0.2, 0) is 0 Å². The van der Waals surface area contributed by atoms with Crippen LogP contribution in [0.5, 0.6) is 0 Å². The van der Waals surface area contributed by atoms with Crippen molar-refractivity contribution in [1.82, 2.24) is 0 Å². The second kappa shape index (κ2) is 3.43. The number of hydrogen-bond acceptors (Lipinski definition) is 2. The molecule has 0 saturated carbocycles. The van der Waals surface area contributed by atoms with Gasteiger partial charge in [-0.3, -0.25) is 0 Å². The molecule has 0 radical (unpaired) electrons. The molecule has 0 bridgehead atoms. The van der Waals surface area contributed by atoms with Crippen molar-refractivity contribution in [3.05, 3.63) is 36.4 Å². The molecule has 0 amide bonds. The zero-order valence-corrected chi connectivity index (χ0v) is 10.5. The Balaban J connectivity index is 2.17. The van der Waals surface area contributed by atoms with Crippen LogP contribution in [0, 0.1) is 0 Å². The third kappa shape index (κ3) is 1.66. The SMILES string of the molecule is CC(C)(C)B1Nc2cccc3cccc(c23)N1. The molecular weight excluding hydrogens is 207 g/mol. The van der Waals surface area contributed by atoms with Crippen LogP contribution in [0.15, 0.2) is 36.4 Å². The Bertz CT molecular complexity index is 531. The summed E-state index contributed by atoms with van der Waals surface area (Å²) in [5.74, 6) is 0. The van der Waals surface area contributed by atoms with Gasteiger partial charge in [-0.05, 0) is 22.8 Å². The molecule has 2 N–H and O–H groups in total. The van der Waals surface area contributed by atoms with Gasteiger partial charge in [0.25, 0.3) is 0 Å². The lowest BCUT2D eigenvalue weighted by Crippen LogP contribution is -2.44. The number of hydrogen-bond donors (Lipinski definition) is 2. The molecule has 17 heavy (non-hydrogen) atoms. The van der Waals surface area contributed by atoms with E-state index < -0.39 is 0 Å². The quantitative estimate of drug-likeness (QED) is 0.661. The lowest BCUT2D eigenvalue weighted by atomic mass is 9.52. The second-order valence-corrected chi connectivity index (χ2v) is 5.80. The van der Waals surface area contributed by atoms with Gasteiger partial charge in [0.2, 0.25) is 0 Å². The van der Waals surface area contributed by atoms with Crippen LogP contribution in [0.4, 0.5) is 11.4 Å². The first-order valence-electron chi connectivity index (χ1n) is 6.10. The molecule has 0 fully saturated rings. The van der Waals surface area contributed by atoms with Crippen molar-refractivity contribution < 1.29 is 0 Å². The van der Waals surface area contributed by atoms with E-state index in [0.717, 1.165) is 0 Å². The van der Waals surface area contributed by atoms with Crippen LogP contribution in [-0.4, -0.2) is 6.98 Å². The van der Waals surface area contributed by atoms with E-state index in [1.165, 1.54) is 22.1 Å². The lowest BCUT2D eigenvalue weighted by Gasteiger charge is -2.34. The summed E-state index contributed by atoms with van der Waals surface area (Å²) in [6.45, 7) is 6.99. The molecule has 3 rings (SSSR count). The Labute approximate surface area is 103 Å². The second-order valence-electron chi connectivity index (χ2n) is 5.80. The third-order valence-corrected chi connectivity index (χ3v) is 3.37. The largest absolute Gasteiger partial charge is 0.409 e. The zero-order chi connectivity index (χ0) is 12.0. The van der Waals surface area contributed by atoms with Crippen molar-refractivity contribution in [2.24, 2.45) is 0 Å². The molecule has 0 unspecified atom stereocenters. The van der Waals surface area contributed by atoms with Crippen molar-refractivity contribution in [2.45, 2.75) is 26.1 Å². The number of anilines is 2. The molecular formula is C14H17BN2. The smallest absolute Gasteiger partial charge is 0.375 e. The summed E-state index contributed by atoms with van der Waals surface area (Å²) in [6.07, 6.45) is 0. The number of rotatable bonds is 0. The Morgan fingerprint density at radius 1 is 0.882 bits per heavy atom. The zero-order valence-electron chi connectivity index (χ0n) is 10.5. The third-order valence-electron chi connectivity index (χ3n) is 3.37. The van der Waals surface area contributed by atoms with E-state index in [4.69, 9.17) is 0 Å². The van der Waals surface area contributed by atoms with E-state index in [-0.39, 0.29) is 12.3 Å². The van der Waals surface area contributed by atoms with Crippen molar-refractivity contribution in [3.8, 4) is 0 Å². The molecule has 0 spiro atoms. The van der Waals surface area contributed by atoms with Gasteiger partial charge >= 0.3 is 6.98 Å². The van der Waals surface area contributed by atoms with Crippen LogP contribution in [0.25, 0.3) is 10.8 Å². The molecule has 2 aromatic rings. The first-order chi connectivity index (χ1) is 8.05. The predicted octanol–water partition coefficient (Wildman–Crippen LogP) is 3.97.